The summed E-state index contributed by atoms with van der Waals surface area (Å²) >= 11 is 6.37. The van der Waals surface area contributed by atoms with Crippen LogP contribution in [0.25, 0.3) is 5.65 Å². The van der Waals surface area contributed by atoms with Crippen molar-refractivity contribution < 1.29 is 4.79 Å². The number of carbonyl (C=O) groups is 1. The molecule has 0 radical (unpaired) electrons. The summed E-state index contributed by atoms with van der Waals surface area (Å²) in [6.07, 6.45) is 3.72. The number of imidazole rings is 1. The number of hydrogen-bond acceptors (Lipinski definition) is 3. The highest BCUT2D eigenvalue weighted by molar-refractivity contribution is 6.31. The first kappa shape index (κ1) is 16.1. The third-order valence-electron chi connectivity index (χ3n) is 4.60. The molecule has 1 N–H and O–H groups in total. The standard InChI is InChI=1S/C19H19ClN4O/c1-13-6-8-23-12-16(22-18(23)10-13)19(25)24-9-7-21-11-17(24)14-4-2-3-5-15(14)20/h2-6,8,10,12,17,21H,7,9,11H2,1H3. The molecule has 2 aromatic heterocycles. The predicted octanol–water partition coefficient (Wildman–Crippen LogP) is 3.08. The maximum absolute atomic E-state index is 13.1. The van der Waals surface area contributed by atoms with Crippen molar-refractivity contribution in [2.24, 2.45) is 0 Å². The summed E-state index contributed by atoms with van der Waals surface area (Å²) in [6, 6.07) is 11.6. The number of nitrogens with one attached hydrogen (secondary N) is 1. The number of pyridine rings is 1. The number of rotatable bonds is 2. The van der Waals surface area contributed by atoms with Crippen molar-refractivity contribution in [3.63, 3.8) is 0 Å². The highest BCUT2D eigenvalue weighted by Crippen LogP contribution is 2.29. The molecule has 128 valence electrons. The molecule has 1 fully saturated rings. The van der Waals surface area contributed by atoms with Crippen LogP contribution < -0.4 is 5.32 Å². The largest absolute Gasteiger partial charge is 0.328 e. The molecule has 1 saturated heterocycles. The molecule has 1 atom stereocenters. The Labute approximate surface area is 151 Å². The van der Waals surface area contributed by atoms with E-state index in [1.807, 2.05) is 58.8 Å². The number of benzene rings is 1. The van der Waals surface area contributed by atoms with Gasteiger partial charge < -0.3 is 14.6 Å². The van der Waals surface area contributed by atoms with Gasteiger partial charge in [-0.15, -0.1) is 0 Å². The maximum Gasteiger partial charge on any atom is 0.274 e. The minimum Gasteiger partial charge on any atom is -0.328 e. The molecule has 0 spiro atoms. The quantitative estimate of drug-likeness (QED) is 0.769. The monoisotopic (exact) mass is 354 g/mol. The lowest BCUT2D eigenvalue weighted by Crippen LogP contribution is -2.48. The van der Waals surface area contributed by atoms with Gasteiger partial charge in [0.2, 0.25) is 0 Å². The van der Waals surface area contributed by atoms with E-state index in [0.29, 0.717) is 23.8 Å². The maximum atomic E-state index is 13.1. The van der Waals surface area contributed by atoms with Gasteiger partial charge in [-0.1, -0.05) is 29.8 Å². The molecule has 1 aromatic carbocycles. The van der Waals surface area contributed by atoms with Crippen LogP contribution in [0, 0.1) is 6.92 Å². The van der Waals surface area contributed by atoms with Gasteiger partial charge in [0.15, 0.2) is 0 Å². The number of fused-ring (bicyclic) bond motifs is 1. The smallest absolute Gasteiger partial charge is 0.274 e. The van der Waals surface area contributed by atoms with Gasteiger partial charge in [0.1, 0.15) is 11.3 Å². The highest BCUT2D eigenvalue weighted by Gasteiger charge is 2.31. The van der Waals surface area contributed by atoms with Gasteiger partial charge in [-0.05, 0) is 36.2 Å². The van der Waals surface area contributed by atoms with E-state index in [9.17, 15) is 4.79 Å². The first-order valence-corrected chi connectivity index (χ1v) is 8.73. The van der Waals surface area contributed by atoms with Crippen LogP contribution in [0.4, 0.5) is 0 Å². The number of aryl methyl sites for hydroxylation is 1. The van der Waals surface area contributed by atoms with Crippen LogP contribution >= 0.6 is 11.6 Å². The molecular formula is C19H19ClN4O. The fraction of sp³-hybridized carbons (Fsp3) is 0.263. The number of aromatic nitrogens is 2. The molecule has 1 aliphatic heterocycles. The lowest BCUT2D eigenvalue weighted by molar-refractivity contribution is 0.0629. The van der Waals surface area contributed by atoms with Crippen molar-refractivity contribution in [1.82, 2.24) is 19.6 Å². The van der Waals surface area contributed by atoms with Crippen LogP contribution in [0.15, 0.2) is 48.8 Å². The summed E-state index contributed by atoms with van der Waals surface area (Å²) in [7, 11) is 0. The molecule has 6 heteroatoms. The second-order valence-corrected chi connectivity index (χ2v) is 6.74. The fourth-order valence-corrected chi connectivity index (χ4v) is 3.57. The third-order valence-corrected chi connectivity index (χ3v) is 4.95. The van der Waals surface area contributed by atoms with E-state index in [4.69, 9.17) is 11.6 Å². The van der Waals surface area contributed by atoms with Gasteiger partial charge in [0, 0.05) is 37.1 Å². The molecule has 1 aliphatic rings. The molecule has 3 heterocycles. The normalized spacial score (nSPS) is 17.8. The lowest BCUT2D eigenvalue weighted by Gasteiger charge is -2.36. The molecule has 0 saturated carbocycles. The van der Waals surface area contributed by atoms with Gasteiger partial charge in [0.25, 0.3) is 5.91 Å². The summed E-state index contributed by atoms with van der Waals surface area (Å²) in [5.41, 5.74) is 3.33. The Bertz CT molecular complexity index is 936. The number of nitrogens with zero attached hydrogens (tertiary/aromatic N) is 3. The van der Waals surface area contributed by atoms with Crippen molar-refractivity contribution >= 4 is 23.2 Å². The first-order chi connectivity index (χ1) is 12.1. The Kier molecular flexibility index (Phi) is 4.19. The van der Waals surface area contributed by atoms with Crippen molar-refractivity contribution in [2.45, 2.75) is 13.0 Å². The Morgan fingerprint density at radius 1 is 1.32 bits per heavy atom. The molecular weight excluding hydrogens is 336 g/mol. The fourth-order valence-electron chi connectivity index (χ4n) is 3.30. The average Bonchev–Trinajstić information content (AvgIpc) is 3.05. The van der Waals surface area contributed by atoms with Crippen LogP contribution in [0.2, 0.25) is 5.02 Å². The zero-order valence-corrected chi connectivity index (χ0v) is 14.7. The topological polar surface area (TPSA) is 49.6 Å². The summed E-state index contributed by atoms with van der Waals surface area (Å²) in [4.78, 5) is 19.5. The minimum atomic E-state index is -0.0958. The molecule has 0 bridgehead atoms. The van der Waals surface area contributed by atoms with E-state index < -0.39 is 0 Å². The van der Waals surface area contributed by atoms with E-state index >= 15 is 0 Å². The summed E-state index contributed by atoms with van der Waals surface area (Å²) in [5.74, 6) is -0.0622. The third kappa shape index (κ3) is 3.01. The Morgan fingerprint density at radius 3 is 3.00 bits per heavy atom. The van der Waals surface area contributed by atoms with Crippen LogP contribution in [0.1, 0.15) is 27.7 Å². The Balaban J connectivity index is 1.69. The van der Waals surface area contributed by atoms with E-state index in [0.717, 1.165) is 23.3 Å². The second-order valence-electron chi connectivity index (χ2n) is 6.34. The van der Waals surface area contributed by atoms with Crippen molar-refractivity contribution in [3.05, 3.63) is 70.6 Å². The zero-order valence-electron chi connectivity index (χ0n) is 13.9. The van der Waals surface area contributed by atoms with Gasteiger partial charge in [-0.25, -0.2) is 4.98 Å². The molecule has 4 rings (SSSR count). The van der Waals surface area contributed by atoms with Gasteiger partial charge in [-0.2, -0.15) is 0 Å². The summed E-state index contributed by atoms with van der Waals surface area (Å²) in [6.45, 7) is 4.09. The zero-order chi connectivity index (χ0) is 17.4. The number of piperazine rings is 1. The second kappa shape index (κ2) is 6.50. The number of amides is 1. The van der Waals surface area contributed by atoms with Crippen molar-refractivity contribution in [3.8, 4) is 0 Å². The molecule has 25 heavy (non-hydrogen) atoms. The first-order valence-electron chi connectivity index (χ1n) is 8.35. The lowest BCUT2D eigenvalue weighted by atomic mass is 10.0. The van der Waals surface area contributed by atoms with Gasteiger partial charge >= 0.3 is 0 Å². The van der Waals surface area contributed by atoms with E-state index in [-0.39, 0.29) is 11.9 Å². The van der Waals surface area contributed by atoms with Gasteiger partial charge in [-0.3, -0.25) is 4.79 Å². The van der Waals surface area contributed by atoms with E-state index in [1.54, 1.807) is 6.20 Å². The minimum absolute atomic E-state index is 0.0622. The van der Waals surface area contributed by atoms with Crippen molar-refractivity contribution in [2.75, 3.05) is 19.6 Å². The molecule has 5 nitrogen and oxygen atoms in total. The summed E-state index contributed by atoms with van der Waals surface area (Å²) in [5, 5.41) is 4.03. The highest BCUT2D eigenvalue weighted by atomic mass is 35.5. The van der Waals surface area contributed by atoms with Crippen LogP contribution in [0.5, 0.6) is 0 Å². The molecule has 3 aromatic rings. The number of carbonyl (C=O) groups excluding carboxylic acids is 1. The summed E-state index contributed by atoms with van der Waals surface area (Å²) < 4.78 is 1.88. The van der Waals surface area contributed by atoms with Crippen LogP contribution in [-0.4, -0.2) is 39.8 Å². The van der Waals surface area contributed by atoms with Crippen molar-refractivity contribution in [1.29, 1.82) is 0 Å². The Hall–Kier alpha value is -2.37. The SMILES string of the molecule is Cc1ccn2cc(C(=O)N3CCNCC3c3ccccc3Cl)nc2c1. The van der Waals surface area contributed by atoms with Gasteiger partial charge in [0.05, 0.1) is 6.04 Å². The number of halogens is 1. The molecule has 0 aliphatic carbocycles. The molecule has 1 amide bonds. The molecule has 1 unspecified atom stereocenters. The van der Waals surface area contributed by atoms with Crippen LogP contribution in [0.3, 0.4) is 0 Å². The van der Waals surface area contributed by atoms with E-state index in [2.05, 4.69) is 10.3 Å². The number of hydrogen-bond donors (Lipinski definition) is 1. The Morgan fingerprint density at radius 2 is 2.16 bits per heavy atom. The predicted molar refractivity (Wildman–Crippen MR) is 98.0 cm³/mol. The van der Waals surface area contributed by atoms with Crippen LogP contribution in [-0.2, 0) is 0 Å². The average molecular weight is 355 g/mol. The van der Waals surface area contributed by atoms with E-state index in [1.165, 1.54) is 0 Å².